The first-order valence-electron chi connectivity index (χ1n) is 6.81. The average Bonchev–Trinajstić information content (AvgIpc) is 2.52. The molecule has 1 aromatic rings. The molecule has 1 N–H and O–H groups in total. The highest BCUT2D eigenvalue weighted by Gasteiger charge is 2.20. The average molecular weight is 326 g/mol. The van der Waals surface area contributed by atoms with Gasteiger partial charge in [0.1, 0.15) is 0 Å². The minimum Gasteiger partial charge on any atom is -0.469 e. The minimum atomic E-state index is -0.520. The maximum absolute atomic E-state index is 11.5. The molecule has 1 aromatic carbocycles. The van der Waals surface area contributed by atoms with E-state index in [2.05, 4.69) is 14.8 Å². The second kappa shape index (κ2) is 9.10. The Kier molecular flexibility index (Phi) is 7.46. The summed E-state index contributed by atoms with van der Waals surface area (Å²) in [7, 11) is 2.65. The molecule has 0 fully saturated rings. The summed E-state index contributed by atoms with van der Waals surface area (Å²) in [6.45, 7) is 1.93. The lowest BCUT2D eigenvalue weighted by atomic mass is 9.94. The fraction of sp³-hybridized carbons (Fsp3) is 0.375. The van der Waals surface area contributed by atoms with Crippen molar-refractivity contribution in [2.24, 2.45) is 5.92 Å². The summed E-state index contributed by atoms with van der Waals surface area (Å²) in [5.41, 5.74) is 0.894. The number of benzene rings is 1. The molecule has 2 atom stereocenters. The third kappa shape index (κ3) is 5.77. The van der Waals surface area contributed by atoms with Gasteiger partial charge in [-0.1, -0.05) is 42.8 Å². The van der Waals surface area contributed by atoms with E-state index >= 15 is 0 Å². The van der Waals surface area contributed by atoms with Crippen LogP contribution in [0.4, 0.5) is 4.79 Å². The van der Waals surface area contributed by atoms with Crippen molar-refractivity contribution in [3.8, 4) is 0 Å². The van der Waals surface area contributed by atoms with E-state index in [0.717, 1.165) is 5.56 Å². The molecule has 0 aliphatic heterocycles. The van der Waals surface area contributed by atoms with Crippen LogP contribution in [-0.4, -0.2) is 26.3 Å². The predicted molar refractivity (Wildman–Crippen MR) is 84.7 cm³/mol. The van der Waals surface area contributed by atoms with Gasteiger partial charge in [0.15, 0.2) is 0 Å². The molecular formula is C16H20ClNO4. The van der Waals surface area contributed by atoms with Crippen molar-refractivity contribution in [3.05, 3.63) is 47.0 Å². The lowest BCUT2D eigenvalue weighted by Gasteiger charge is -2.23. The van der Waals surface area contributed by atoms with Gasteiger partial charge in [-0.2, -0.15) is 0 Å². The smallest absolute Gasteiger partial charge is 0.407 e. The molecule has 0 aliphatic carbocycles. The normalized spacial score (nSPS) is 13.5. The topological polar surface area (TPSA) is 64.6 Å². The molecular weight excluding hydrogens is 306 g/mol. The van der Waals surface area contributed by atoms with Gasteiger partial charge in [-0.3, -0.25) is 4.79 Å². The Bertz CT molecular complexity index is 527. The van der Waals surface area contributed by atoms with Gasteiger partial charge in [-0.15, -0.1) is 0 Å². The van der Waals surface area contributed by atoms with E-state index in [4.69, 9.17) is 11.6 Å². The van der Waals surface area contributed by atoms with E-state index in [0.29, 0.717) is 5.02 Å². The Morgan fingerprint density at radius 1 is 1.23 bits per heavy atom. The van der Waals surface area contributed by atoms with Crippen molar-refractivity contribution in [2.45, 2.75) is 19.4 Å². The van der Waals surface area contributed by atoms with Crippen molar-refractivity contribution < 1.29 is 19.1 Å². The zero-order chi connectivity index (χ0) is 16.5. The highest BCUT2D eigenvalue weighted by Crippen LogP contribution is 2.25. The third-order valence-electron chi connectivity index (χ3n) is 3.17. The molecule has 22 heavy (non-hydrogen) atoms. The first kappa shape index (κ1) is 18.0. The van der Waals surface area contributed by atoms with Crippen LogP contribution < -0.4 is 5.32 Å². The maximum Gasteiger partial charge on any atom is 0.407 e. The summed E-state index contributed by atoms with van der Waals surface area (Å²) in [5, 5.41) is 3.40. The number of amides is 1. The molecule has 1 amide bonds. The lowest BCUT2D eigenvalue weighted by Crippen LogP contribution is -2.31. The number of hydrogen-bond donors (Lipinski definition) is 1. The molecule has 5 nitrogen and oxygen atoms in total. The van der Waals surface area contributed by atoms with Crippen molar-refractivity contribution in [3.63, 3.8) is 0 Å². The predicted octanol–water partition coefficient (Wildman–Crippen LogP) is 3.49. The monoisotopic (exact) mass is 325 g/mol. The number of nitrogens with one attached hydrogen (secondary N) is 1. The zero-order valence-electron chi connectivity index (χ0n) is 12.8. The molecule has 0 radical (unpaired) electrons. The number of rotatable bonds is 6. The highest BCUT2D eigenvalue weighted by molar-refractivity contribution is 6.30. The molecule has 120 valence electrons. The molecule has 1 rings (SSSR count). The standard InChI is InChI=1S/C16H20ClNO4/c1-11(5-4-6-14(19)21-2)15(18-16(20)22-3)12-7-9-13(17)10-8-12/h4-5,7-11,15H,6H2,1-3H3,(H,18,20)/b5-4+/t11-,15+/m1/s1. The Morgan fingerprint density at radius 2 is 1.86 bits per heavy atom. The van der Waals surface area contributed by atoms with Crippen LogP contribution in [0.2, 0.25) is 5.02 Å². The van der Waals surface area contributed by atoms with Gasteiger partial charge in [0.25, 0.3) is 0 Å². The fourth-order valence-electron chi connectivity index (χ4n) is 1.95. The quantitative estimate of drug-likeness (QED) is 0.642. The van der Waals surface area contributed by atoms with Crippen molar-refractivity contribution in [1.82, 2.24) is 5.32 Å². The molecule has 0 aliphatic rings. The van der Waals surface area contributed by atoms with Crippen LogP contribution in [0.5, 0.6) is 0 Å². The lowest BCUT2D eigenvalue weighted by molar-refractivity contribution is -0.139. The van der Waals surface area contributed by atoms with Gasteiger partial charge in [0.05, 0.1) is 26.7 Å². The van der Waals surface area contributed by atoms with Crippen LogP contribution in [-0.2, 0) is 14.3 Å². The van der Waals surface area contributed by atoms with Crippen LogP contribution in [0, 0.1) is 5.92 Å². The number of esters is 1. The van der Waals surface area contributed by atoms with E-state index in [1.54, 1.807) is 18.2 Å². The summed E-state index contributed by atoms with van der Waals surface area (Å²) in [6, 6.07) is 6.90. The van der Waals surface area contributed by atoms with Crippen molar-refractivity contribution in [2.75, 3.05) is 14.2 Å². The zero-order valence-corrected chi connectivity index (χ0v) is 13.6. The Morgan fingerprint density at radius 3 is 2.41 bits per heavy atom. The molecule has 0 saturated carbocycles. The number of halogens is 1. The number of ether oxygens (including phenoxy) is 2. The van der Waals surface area contributed by atoms with Crippen molar-refractivity contribution >= 4 is 23.7 Å². The van der Waals surface area contributed by atoms with Crippen LogP contribution in [0.1, 0.15) is 24.9 Å². The molecule has 0 bridgehead atoms. The summed E-state index contributed by atoms with van der Waals surface area (Å²) in [6.07, 6.45) is 3.24. The van der Waals surface area contributed by atoms with E-state index < -0.39 is 6.09 Å². The summed E-state index contributed by atoms with van der Waals surface area (Å²) >= 11 is 5.89. The second-order valence-corrected chi connectivity index (χ2v) is 5.17. The second-order valence-electron chi connectivity index (χ2n) is 4.73. The number of alkyl carbamates (subject to hydrolysis) is 1. The van der Waals surface area contributed by atoms with E-state index in [1.165, 1.54) is 14.2 Å². The fourth-order valence-corrected chi connectivity index (χ4v) is 2.07. The summed E-state index contributed by atoms with van der Waals surface area (Å²) in [4.78, 5) is 22.7. The van der Waals surface area contributed by atoms with E-state index in [9.17, 15) is 9.59 Å². The van der Waals surface area contributed by atoms with Gasteiger partial charge in [0.2, 0.25) is 0 Å². The van der Waals surface area contributed by atoms with Gasteiger partial charge in [-0.05, 0) is 23.6 Å². The van der Waals surface area contributed by atoms with Gasteiger partial charge in [0, 0.05) is 5.02 Å². The first-order chi connectivity index (χ1) is 10.5. The minimum absolute atomic E-state index is 0.0510. The SMILES string of the molecule is COC(=O)C/C=C/[C@@H](C)[C@H](NC(=O)OC)c1ccc(Cl)cc1. The third-order valence-corrected chi connectivity index (χ3v) is 3.42. The number of methoxy groups -OCH3 is 2. The van der Waals surface area contributed by atoms with Crippen LogP contribution >= 0.6 is 11.6 Å². The Balaban J connectivity index is 2.87. The molecule has 0 unspecified atom stereocenters. The highest BCUT2D eigenvalue weighted by atomic mass is 35.5. The van der Waals surface area contributed by atoms with Crippen LogP contribution in [0.25, 0.3) is 0 Å². The Hall–Kier alpha value is -2.01. The number of hydrogen-bond acceptors (Lipinski definition) is 4. The van der Waals surface area contributed by atoms with Gasteiger partial charge in [-0.25, -0.2) is 4.79 Å². The number of carbonyl (C=O) groups is 2. The van der Waals surface area contributed by atoms with E-state index in [1.807, 2.05) is 25.1 Å². The molecule has 0 saturated heterocycles. The largest absolute Gasteiger partial charge is 0.469 e. The maximum atomic E-state index is 11.5. The summed E-state index contributed by atoms with van der Waals surface area (Å²) in [5.74, 6) is -0.364. The Labute approximate surface area is 135 Å². The van der Waals surface area contributed by atoms with Gasteiger partial charge >= 0.3 is 12.1 Å². The van der Waals surface area contributed by atoms with Crippen LogP contribution in [0.15, 0.2) is 36.4 Å². The number of carbonyl (C=O) groups excluding carboxylic acids is 2. The molecule has 0 aromatic heterocycles. The summed E-state index contributed by atoms with van der Waals surface area (Å²) < 4.78 is 9.24. The molecule has 0 heterocycles. The van der Waals surface area contributed by atoms with Crippen molar-refractivity contribution in [1.29, 1.82) is 0 Å². The van der Waals surface area contributed by atoms with Crippen LogP contribution in [0.3, 0.4) is 0 Å². The van der Waals surface area contributed by atoms with Gasteiger partial charge < -0.3 is 14.8 Å². The first-order valence-corrected chi connectivity index (χ1v) is 7.19. The molecule has 0 spiro atoms. The molecule has 6 heteroatoms. The van der Waals surface area contributed by atoms with E-state index in [-0.39, 0.29) is 24.3 Å².